The number of ether oxygens (including phenoxy) is 3. The number of hydrogen-bond donors (Lipinski definition) is 0. The van der Waals surface area contributed by atoms with E-state index in [0.717, 1.165) is 16.3 Å². The fraction of sp³-hybridized carbons (Fsp3) is 0.0833. The van der Waals surface area contributed by atoms with Crippen molar-refractivity contribution in [3.63, 3.8) is 0 Å². The summed E-state index contributed by atoms with van der Waals surface area (Å²) >= 11 is 0. The van der Waals surface area contributed by atoms with E-state index in [1.165, 1.54) is 19.2 Å². The lowest BCUT2D eigenvalue weighted by molar-refractivity contribution is -0.385. The lowest BCUT2D eigenvalue weighted by atomic mass is 10.1. The molecule has 0 radical (unpaired) electrons. The van der Waals surface area contributed by atoms with Crippen LogP contribution in [0.4, 0.5) is 5.69 Å². The summed E-state index contributed by atoms with van der Waals surface area (Å²) < 4.78 is 17.3. The fourth-order valence-electron chi connectivity index (χ4n) is 3.21. The Hall–Kier alpha value is -4.06. The van der Waals surface area contributed by atoms with Gasteiger partial charge in [-0.1, -0.05) is 54.6 Å². The predicted octanol–water partition coefficient (Wildman–Crippen LogP) is 6.13. The zero-order chi connectivity index (χ0) is 20.9. The van der Waals surface area contributed by atoms with Crippen LogP contribution in [0.2, 0.25) is 0 Å². The van der Waals surface area contributed by atoms with Gasteiger partial charge < -0.3 is 14.2 Å². The molecule has 0 amide bonds. The first kappa shape index (κ1) is 19.3. The predicted molar refractivity (Wildman–Crippen MR) is 114 cm³/mol. The molecule has 150 valence electrons. The first-order valence-electron chi connectivity index (χ1n) is 9.34. The number of methoxy groups -OCH3 is 1. The molecule has 4 rings (SSSR count). The first-order valence-corrected chi connectivity index (χ1v) is 9.34. The minimum absolute atomic E-state index is 0.116. The van der Waals surface area contributed by atoms with Crippen LogP contribution in [0.25, 0.3) is 10.8 Å². The number of fused-ring (bicyclic) bond motifs is 1. The summed E-state index contributed by atoms with van der Waals surface area (Å²) in [6.45, 7) is 0.430. The molecule has 0 bridgehead atoms. The Balaban J connectivity index is 1.68. The topological polar surface area (TPSA) is 70.8 Å². The van der Waals surface area contributed by atoms with Gasteiger partial charge in [-0.2, -0.15) is 0 Å². The summed E-state index contributed by atoms with van der Waals surface area (Å²) in [5, 5.41) is 12.9. The maximum atomic E-state index is 11.1. The van der Waals surface area contributed by atoms with Crippen LogP contribution in [0.1, 0.15) is 5.56 Å². The number of nitro benzene ring substituents is 1. The summed E-state index contributed by atoms with van der Waals surface area (Å²) in [5.74, 6) is 1.86. The van der Waals surface area contributed by atoms with E-state index in [1.54, 1.807) is 6.07 Å². The van der Waals surface area contributed by atoms with Crippen LogP contribution in [-0.4, -0.2) is 12.0 Å². The highest BCUT2D eigenvalue weighted by atomic mass is 16.6. The van der Waals surface area contributed by atoms with Crippen molar-refractivity contribution in [2.45, 2.75) is 6.61 Å². The van der Waals surface area contributed by atoms with Crippen molar-refractivity contribution in [1.29, 1.82) is 0 Å². The van der Waals surface area contributed by atoms with Crippen molar-refractivity contribution in [2.24, 2.45) is 0 Å². The highest BCUT2D eigenvalue weighted by molar-refractivity contribution is 5.94. The minimum Gasteiger partial charge on any atom is -0.490 e. The van der Waals surface area contributed by atoms with E-state index >= 15 is 0 Å². The zero-order valence-electron chi connectivity index (χ0n) is 16.3. The van der Waals surface area contributed by atoms with E-state index < -0.39 is 4.92 Å². The van der Waals surface area contributed by atoms with E-state index in [9.17, 15) is 10.1 Å². The van der Waals surface area contributed by atoms with Gasteiger partial charge in [-0.3, -0.25) is 10.1 Å². The van der Waals surface area contributed by atoms with Crippen LogP contribution < -0.4 is 14.2 Å². The van der Waals surface area contributed by atoms with Gasteiger partial charge in [0.1, 0.15) is 23.9 Å². The largest absolute Gasteiger partial charge is 0.490 e. The van der Waals surface area contributed by atoms with Gasteiger partial charge in [0.2, 0.25) is 5.75 Å². The molecule has 0 atom stereocenters. The van der Waals surface area contributed by atoms with Crippen molar-refractivity contribution >= 4 is 16.5 Å². The van der Waals surface area contributed by atoms with E-state index in [2.05, 4.69) is 0 Å². The average molecular weight is 401 g/mol. The summed E-state index contributed by atoms with van der Waals surface area (Å²) in [7, 11) is 1.39. The Morgan fingerprint density at radius 3 is 2.27 bits per heavy atom. The molecule has 0 aliphatic carbocycles. The van der Waals surface area contributed by atoms with Crippen LogP contribution >= 0.6 is 0 Å². The second-order valence-corrected chi connectivity index (χ2v) is 6.58. The van der Waals surface area contributed by atoms with Crippen LogP contribution in [-0.2, 0) is 6.61 Å². The third-order valence-electron chi connectivity index (χ3n) is 4.64. The quantitative estimate of drug-likeness (QED) is 0.275. The number of rotatable bonds is 7. The molecule has 4 aromatic carbocycles. The molecule has 6 nitrogen and oxygen atoms in total. The van der Waals surface area contributed by atoms with Gasteiger partial charge in [-0.25, -0.2) is 0 Å². The smallest absolute Gasteiger partial charge is 0.311 e. The zero-order valence-corrected chi connectivity index (χ0v) is 16.3. The second kappa shape index (κ2) is 8.53. The molecular weight excluding hydrogens is 382 g/mol. The summed E-state index contributed by atoms with van der Waals surface area (Å²) in [6, 6.07) is 25.9. The SMILES string of the molecule is COc1cc(Oc2cccc3cccc(OCc4ccccc4)c23)ccc1[N+](=O)[O-]. The van der Waals surface area contributed by atoms with Gasteiger partial charge in [0, 0.05) is 12.1 Å². The Kier molecular flexibility index (Phi) is 5.48. The molecular formula is C24H19NO5. The minimum atomic E-state index is -0.490. The Bertz CT molecular complexity index is 1190. The molecule has 0 unspecified atom stereocenters. The van der Waals surface area contributed by atoms with Gasteiger partial charge in [0.25, 0.3) is 0 Å². The lowest BCUT2D eigenvalue weighted by Gasteiger charge is -2.14. The standard InChI is InChI=1S/C24H19NO5/c1-28-23-15-19(13-14-20(23)25(26)27)30-22-12-6-10-18-9-5-11-21(24(18)22)29-16-17-7-3-2-4-8-17/h2-15H,16H2,1H3. The number of nitrogens with zero attached hydrogens (tertiary/aromatic N) is 1. The third-order valence-corrected chi connectivity index (χ3v) is 4.64. The molecule has 0 N–H and O–H groups in total. The van der Waals surface area contributed by atoms with Crippen LogP contribution in [0.5, 0.6) is 23.0 Å². The average Bonchev–Trinajstić information content (AvgIpc) is 2.78. The van der Waals surface area contributed by atoms with Crippen molar-refractivity contribution < 1.29 is 19.1 Å². The van der Waals surface area contributed by atoms with Crippen LogP contribution in [0.15, 0.2) is 84.9 Å². The first-order chi connectivity index (χ1) is 14.7. The van der Waals surface area contributed by atoms with Gasteiger partial charge >= 0.3 is 5.69 Å². The van der Waals surface area contributed by atoms with E-state index in [0.29, 0.717) is 23.9 Å². The monoisotopic (exact) mass is 401 g/mol. The van der Waals surface area contributed by atoms with E-state index in [-0.39, 0.29) is 11.4 Å². The molecule has 0 saturated heterocycles. The third kappa shape index (κ3) is 4.03. The van der Waals surface area contributed by atoms with Gasteiger partial charge in [-0.05, 0) is 29.1 Å². The van der Waals surface area contributed by atoms with Gasteiger partial charge in [0.15, 0.2) is 0 Å². The van der Waals surface area contributed by atoms with Crippen molar-refractivity contribution in [3.8, 4) is 23.0 Å². The molecule has 0 fully saturated rings. The number of hydrogen-bond acceptors (Lipinski definition) is 5. The van der Waals surface area contributed by atoms with Crippen molar-refractivity contribution in [1.82, 2.24) is 0 Å². The van der Waals surface area contributed by atoms with E-state index in [1.807, 2.05) is 66.7 Å². The molecule has 0 aromatic heterocycles. The summed E-state index contributed by atoms with van der Waals surface area (Å²) in [6.07, 6.45) is 0. The molecule has 6 heteroatoms. The molecule has 30 heavy (non-hydrogen) atoms. The molecule has 0 saturated carbocycles. The molecule has 0 aliphatic heterocycles. The van der Waals surface area contributed by atoms with Gasteiger partial charge in [-0.15, -0.1) is 0 Å². The van der Waals surface area contributed by atoms with Crippen molar-refractivity contribution in [3.05, 3.63) is 101 Å². The van der Waals surface area contributed by atoms with Crippen LogP contribution in [0, 0.1) is 10.1 Å². The molecule has 0 aliphatic rings. The molecule has 0 spiro atoms. The highest BCUT2D eigenvalue weighted by Gasteiger charge is 2.16. The Morgan fingerprint density at radius 1 is 0.833 bits per heavy atom. The van der Waals surface area contributed by atoms with Gasteiger partial charge in [0.05, 0.1) is 17.4 Å². The maximum Gasteiger partial charge on any atom is 0.311 e. The molecule has 0 heterocycles. The summed E-state index contributed by atoms with van der Waals surface area (Å²) in [5.41, 5.74) is 0.947. The van der Waals surface area contributed by atoms with Crippen LogP contribution in [0.3, 0.4) is 0 Å². The lowest BCUT2D eigenvalue weighted by Crippen LogP contribution is -1.97. The Labute approximate surface area is 173 Å². The number of benzene rings is 4. The highest BCUT2D eigenvalue weighted by Crippen LogP contribution is 2.39. The number of nitro groups is 1. The fourth-order valence-corrected chi connectivity index (χ4v) is 3.21. The molecule has 4 aromatic rings. The maximum absolute atomic E-state index is 11.1. The van der Waals surface area contributed by atoms with E-state index in [4.69, 9.17) is 14.2 Å². The summed E-state index contributed by atoms with van der Waals surface area (Å²) in [4.78, 5) is 10.6. The normalized spacial score (nSPS) is 10.6. The van der Waals surface area contributed by atoms with Crippen molar-refractivity contribution in [2.75, 3.05) is 7.11 Å². The Morgan fingerprint density at radius 2 is 1.57 bits per heavy atom. The second-order valence-electron chi connectivity index (χ2n) is 6.58.